The number of aryl methyl sites for hydroxylation is 1. The van der Waals surface area contributed by atoms with E-state index in [0.717, 1.165) is 0 Å². The maximum Gasteiger partial charge on any atom is 0.512 e. The molecular formula is C12H20BNO2. The Kier molecular flexibility index (Phi) is 1.21. The topological polar surface area (TPSA) is 34.2 Å². The third-order valence-electron chi connectivity index (χ3n) is 3.27. The lowest BCUT2D eigenvalue weighted by molar-refractivity contribution is 0.00578. The van der Waals surface area contributed by atoms with Crippen molar-refractivity contribution in [3.05, 3.63) is 17.3 Å². The molecule has 1 aromatic rings. The Labute approximate surface area is 108 Å². The van der Waals surface area contributed by atoms with Gasteiger partial charge in [-0.1, -0.05) is 0 Å². The summed E-state index contributed by atoms with van der Waals surface area (Å²) in [6.07, 6.45) is 0. The van der Waals surface area contributed by atoms with Crippen LogP contribution in [0.4, 0.5) is 0 Å². The molecule has 1 aliphatic heterocycles. The Bertz CT molecular complexity index is 602. The molecule has 1 N–H and O–H groups in total. The molecule has 1 saturated heterocycles. The fourth-order valence-electron chi connectivity index (χ4n) is 1.56. The molecule has 0 atom stereocenters. The van der Waals surface area contributed by atoms with Crippen molar-refractivity contribution >= 4 is 12.7 Å². The van der Waals surface area contributed by atoms with Crippen LogP contribution in [-0.2, 0) is 9.31 Å². The minimum atomic E-state index is -2.66. The van der Waals surface area contributed by atoms with E-state index in [1.165, 1.54) is 0 Å². The first-order valence-corrected chi connectivity index (χ1v) is 5.17. The van der Waals surface area contributed by atoms with Gasteiger partial charge in [-0.3, -0.25) is 0 Å². The van der Waals surface area contributed by atoms with Crippen molar-refractivity contribution in [1.29, 1.82) is 0 Å². The summed E-state index contributed by atoms with van der Waals surface area (Å²) in [5.74, 6) is 0. The van der Waals surface area contributed by atoms with Crippen molar-refractivity contribution in [3.8, 4) is 0 Å². The molecule has 0 unspecified atom stereocenters. The Morgan fingerprint density at radius 2 is 1.88 bits per heavy atom. The van der Waals surface area contributed by atoms with E-state index in [-0.39, 0.29) is 11.2 Å². The van der Waals surface area contributed by atoms with E-state index in [2.05, 4.69) is 4.98 Å². The van der Waals surface area contributed by atoms with Crippen LogP contribution >= 0.6 is 0 Å². The lowest BCUT2D eigenvalue weighted by Crippen LogP contribution is -2.41. The highest BCUT2D eigenvalue weighted by Gasteiger charge is 2.52. The number of H-pyrrole nitrogens is 1. The molecule has 1 fully saturated rings. The van der Waals surface area contributed by atoms with Crippen LogP contribution in [0.3, 0.4) is 0 Å². The zero-order valence-electron chi connectivity index (χ0n) is 16.9. The molecular weight excluding hydrogens is 201 g/mol. The van der Waals surface area contributed by atoms with E-state index in [4.69, 9.17) is 18.9 Å². The van der Waals surface area contributed by atoms with E-state index in [1.807, 2.05) is 0 Å². The molecule has 2 rings (SSSR count). The molecule has 0 amide bonds. The summed E-state index contributed by atoms with van der Waals surface area (Å²) in [4.78, 5) is 2.55. The molecule has 0 aliphatic carbocycles. The van der Waals surface area contributed by atoms with Gasteiger partial charge in [-0.2, -0.15) is 0 Å². The van der Waals surface area contributed by atoms with Gasteiger partial charge in [0, 0.05) is 19.5 Å². The summed E-state index contributed by atoms with van der Waals surface area (Å²) in [6, 6.07) is -0.547. The highest BCUT2D eigenvalue weighted by atomic mass is 16.7. The van der Waals surface area contributed by atoms with Crippen LogP contribution in [0.1, 0.15) is 48.5 Å². The van der Waals surface area contributed by atoms with Crippen LogP contribution in [0, 0.1) is 13.7 Å². The van der Waals surface area contributed by atoms with Crippen LogP contribution in [-0.4, -0.2) is 23.3 Å². The lowest BCUT2D eigenvalue weighted by atomic mass is 9.82. The number of hydrogen-bond donors (Lipinski definition) is 1. The van der Waals surface area contributed by atoms with Gasteiger partial charge in [-0.25, -0.2) is 0 Å². The predicted octanol–water partition coefficient (Wildman–Crippen LogP) is 1.93. The summed E-state index contributed by atoms with van der Waals surface area (Å²) >= 11 is 0. The number of nitrogens with one attached hydrogen (secondary N) is 1. The molecule has 0 saturated carbocycles. The van der Waals surface area contributed by atoms with Gasteiger partial charge < -0.3 is 14.3 Å². The number of rotatable bonds is 1. The second kappa shape index (κ2) is 3.38. The van der Waals surface area contributed by atoms with Crippen molar-refractivity contribution in [2.24, 2.45) is 0 Å². The van der Waals surface area contributed by atoms with Gasteiger partial charge in [0.15, 0.2) is 0 Å². The van der Waals surface area contributed by atoms with E-state index in [9.17, 15) is 0 Å². The fourth-order valence-corrected chi connectivity index (χ4v) is 1.56. The molecule has 0 aromatic carbocycles. The summed E-state index contributed by atoms with van der Waals surface area (Å²) in [6.45, 7) is 1.93. The second-order valence-corrected chi connectivity index (χ2v) is 5.00. The smallest absolute Gasteiger partial charge is 0.398 e. The highest BCUT2D eigenvalue weighted by Crippen LogP contribution is 2.36. The van der Waals surface area contributed by atoms with E-state index >= 15 is 0 Å². The van der Waals surface area contributed by atoms with Crippen molar-refractivity contribution in [1.82, 2.24) is 4.98 Å². The van der Waals surface area contributed by atoms with Gasteiger partial charge in [0.1, 0.15) is 0 Å². The van der Waals surface area contributed by atoms with Crippen molar-refractivity contribution < 1.29 is 18.9 Å². The Morgan fingerprint density at radius 3 is 2.38 bits per heavy atom. The zero-order chi connectivity index (χ0) is 18.0. The third kappa shape index (κ3) is 1.70. The lowest BCUT2D eigenvalue weighted by Gasteiger charge is -2.32. The second-order valence-electron chi connectivity index (χ2n) is 5.00. The van der Waals surface area contributed by atoms with E-state index in [1.54, 1.807) is 27.7 Å². The van der Waals surface area contributed by atoms with Gasteiger partial charge in [0.05, 0.1) is 12.6 Å². The molecule has 1 aromatic heterocycles. The molecule has 16 heavy (non-hydrogen) atoms. The largest absolute Gasteiger partial charge is 0.512 e. The number of aromatic amines is 1. The van der Waals surface area contributed by atoms with Crippen LogP contribution in [0.5, 0.6) is 0 Å². The molecule has 1 aliphatic rings. The van der Waals surface area contributed by atoms with Crippen LogP contribution in [0.25, 0.3) is 0 Å². The fraction of sp³-hybridized carbons (Fsp3) is 0.667. The summed E-state index contributed by atoms with van der Waals surface area (Å²) < 4.78 is 64.9. The average Bonchev–Trinajstić information content (AvgIpc) is 2.73. The maximum atomic E-state index is 7.98. The molecule has 0 bridgehead atoms. The molecule has 0 spiro atoms. The monoisotopic (exact) mass is 228 g/mol. The Balaban J connectivity index is 2.60. The highest BCUT2D eigenvalue weighted by molar-refractivity contribution is 6.61. The quantitative estimate of drug-likeness (QED) is 0.745. The maximum absolute atomic E-state index is 7.98. The number of hydrogen-bond acceptors (Lipinski definition) is 2. The first-order chi connectivity index (χ1) is 10.1. The molecule has 4 heteroatoms. The van der Waals surface area contributed by atoms with Crippen LogP contribution < -0.4 is 5.59 Å². The van der Waals surface area contributed by atoms with E-state index in [0.29, 0.717) is 0 Å². The van der Waals surface area contributed by atoms with Crippen molar-refractivity contribution in [3.63, 3.8) is 0 Å². The van der Waals surface area contributed by atoms with Gasteiger partial charge in [-0.15, -0.1) is 0 Å². The van der Waals surface area contributed by atoms with Crippen molar-refractivity contribution in [2.75, 3.05) is 0 Å². The summed E-state index contributed by atoms with van der Waals surface area (Å²) in [5.41, 5.74) is -2.25. The van der Waals surface area contributed by atoms with Crippen LogP contribution in [0.15, 0.2) is 6.04 Å². The third-order valence-corrected chi connectivity index (χ3v) is 3.27. The molecule has 3 nitrogen and oxygen atoms in total. The SMILES string of the molecule is [2H]c1c(C([2H])([2H])[2H])[nH]c(B2OC(C)(C)C(C)(C)O2)c1C([2H])([2H])[2H]. The summed E-state index contributed by atoms with van der Waals surface area (Å²) in [5, 5.41) is 0. The van der Waals surface area contributed by atoms with Gasteiger partial charge in [-0.05, 0) is 53.0 Å². The molecule has 2 heterocycles. The zero-order valence-corrected chi connectivity index (χ0v) is 9.89. The average molecular weight is 228 g/mol. The van der Waals surface area contributed by atoms with Crippen LogP contribution in [0.2, 0.25) is 0 Å². The minimum absolute atomic E-state index is 0.0280. The van der Waals surface area contributed by atoms with Gasteiger partial charge in [0.2, 0.25) is 0 Å². The van der Waals surface area contributed by atoms with E-state index < -0.39 is 43.8 Å². The molecule has 88 valence electrons. The van der Waals surface area contributed by atoms with Gasteiger partial charge >= 0.3 is 7.12 Å². The standard InChI is InChI=1S/C12H20BNO2/c1-8-7-9(2)14-10(8)13-15-11(3,4)12(5,6)16-13/h7,14H,1-6H3/i1D3,2D3,7D. The van der Waals surface area contributed by atoms with Gasteiger partial charge in [0.25, 0.3) is 0 Å². The number of aromatic nitrogens is 1. The first-order valence-electron chi connectivity index (χ1n) is 8.67. The predicted molar refractivity (Wildman–Crippen MR) is 66.0 cm³/mol. The minimum Gasteiger partial charge on any atom is -0.398 e. The summed E-state index contributed by atoms with van der Waals surface area (Å²) in [7, 11) is -1.07. The normalized spacial score (nSPS) is 30.8. The Morgan fingerprint density at radius 1 is 1.25 bits per heavy atom. The first kappa shape index (κ1) is 5.74. The molecule has 0 radical (unpaired) electrons. The van der Waals surface area contributed by atoms with Crippen molar-refractivity contribution in [2.45, 2.75) is 52.6 Å². The Hall–Kier alpha value is -0.735.